The van der Waals surface area contributed by atoms with Gasteiger partial charge >= 0.3 is 0 Å². The number of methoxy groups -OCH3 is 2. The zero-order valence-electron chi connectivity index (χ0n) is 19.8. The Morgan fingerprint density at radius 2 is 1.89 bits per heavy atom. The Balaban J connectivity index is 1.63. The normalized spacial score (nSPS) is 20.4. The highest BCUT2D eigenvalue weighted by Crippen LogP contribution is 2.46. The van der Waals surface area contributed by atoms with Gasteiger partial charge in [0.05, 0.1) is 36.6 Å². The number of likely N-dealkylation sites (tertiary alicyclic amines) is 1. The minimum atomic E-state index is 0.0708. The Kier molecular flexibility index (Phi) is 7.02. The van der Waals surface area contributed by atoms with Crippen LogP contribution in [0.15, 0.2) is 18.3 Å². The number of benzene rings is 1. The van der Waals surface area contributed by atoms with Gasteiger partial charge in [0.15, 0.2) is 0 Å². The number of halogens is 2. The lowest BCUT2D eigenvalue weighted by Crippen LogP contribution is -2.24. The van der Waals surface area contributed by atoms with Crippen molar-refractivity contribution in [1.29, 1.82) is 0 Å². The fourth-order valence-corrected chi connectivity index (χ4v) is 5.16. The lowest BCUT2D eigenvalue weighted by atomic mass is 10.1. The van der Waals surface area contributed by atoms with Crippen molar-refractivity contribution in [3.8, 4) is 22.8 Å². The molecule has 11 heteroatoms. The first-order valence-corrected chi connectivity index (χ1v) is 12.2. The second-order valence-corrected chi connectivity index (χ2v) is 9.54. The van der Waals surface area contributed by atoms with E-state index in [0.717, 1.165) is 31.3 Å². The van der Waals surface area contributed by atoms with Gasteiger partial charge in [-0.25, -0.2) is 4.98 Å². The van der Waals surface area contributed by atoms with Gasteiger partial charge in [-0.05, 0) is 44.1 Å². The Morgan fingerprint density at radius 3 is 2.51 bits per heavy atom. The van der Waals surface area contributed by atoms with Crippen LogP contribution in [-0.4, -0.2) is 79.5 Å². The van der Waals surface area contributed by atoms with Gasteiger partial charge in [0.25, 0.3) is 0 Å². The summed E-state index contributed by atoms with van der Waals surface area (Å²) in [5, 5.41) is 9.74. The smallest absolute Gasteiger partial charge is 0.141 e. The molecular formula is C24H27Cl2N6O3-. The summed E-state index contributed by atoms with van der Waals surface area (Å²) < 4.78 is 16.3. The molecule has 0 aliphatic carbocycles. The van der Waals surface area contributed by atoms with E-state index in [9.17, 15) is 0 Å². The number of hydrogen-bond donors (Lipinski definition) is 1. The number of ether oxygens (including phenoxy) is 3. The number of nitrogens with zero attached hydrogens (tertiary/aromatic N) is 5. The molecule has 0 bridgehead atoms. The molecule has 9 nitrogen and oxygen atoms in total. The van der Waals surface area contributed by atoms with E-state index in [-0.39, 0.29) is 12.1 Å². The average Bonchev–Trinajstić information content (AvgIpc) is 3.51. The van der Waals surface area contributed by atoms with Crippen LogP contribution in [0.4, 0.5) is 11.8 Å². The second-order valence-electron chi connectivity index (χ2n) is 8.79. The molecule has 2 aromatic heterocycles. The summed E-state index contributed by atoms with van der Waals surface area (Å²) in [5.41, 5.74) is 1.78. The monoisotopic (exact) mass is 517 g/mol. The van der Waals surface area contributed by atoms with E-state index >= 15 is 0 Å². The van der Waals surface area contributed by atoms with Gasteiger partial charge in [-0.3, -0.25) is 0 Å². The molecule has 1 aromatic carbocycles. The summed E-state index contributed by atoms with van der Waals surface area (Å²) in [7, 11) is 5.20. The van der Waals surface area contributed by atoms with Gasteiger partial charge in [0, 0.05) is 48.3 Å². The van der Waals surface area contributed by atoms with Crippen molar-refractivity contribution in [2.45, 2.75) is 24.9 Å². The predicted octanol–water partition coefficient (Wildman–Crippen LogP) is 4.93. The first kappa shape index (κ1) is 24.1. The Bertz CT molecular complexity index is 1210. The van der Waals surface area contributed by atoms with Crippen LogP contribution in [0.2, 0.25) is 10.0 Å². The highest BCUT2D eigenvalue weighted by Gasteiger charge is 2.24. The van der Waals surface area contributed by atoms with Gasteiger partial charge in [0.2, 0.25) is 0 Å². The van der Waals surface area contributed by atoms with Gasteiger partial charge in [0.1, 0.15) is 17.3 Å². The number of aromatic nitrogens is 3. The highest BCUT2D eigenvalue weighted by molar-refractivity contribution is 6.41. The number of anilines is 1. The van der Waals surface area contributed by atoms with Gasteiger partial charge in [-0.15, -0.1) is 0 Å². The van der Waals surface area contributed by atoms with Crippen LogP contribution in [-0.2, 0) is 4.74 Å². The van der Waals surface area contributed by atoms with E-state index in [1.54, 1.807) is 26.5 Å². The third-order valence-electron chi connectivity index (χ3n) is 6.32. The largest absolute Gasteiger partial charge is 0.495 e. The standard InChI is InChI=1S/C24H27Cl2N6O3/c1-32-6-4-14(11-32)28-23-22-13(10-27-24(31-22)29-15-5-7-35-12-15)8-16(30-23)19-20(25)17(33-2)9-18(34-3)21(19)26/h8-10,14-15H,4-7,11-12H2,1-3H3,(H-,27,28,29,30,31)/q-1. The molecule has 1 N–H and O–H groups in total. The van der Waals surface area contributed by atoms with Crippen molar-refractivity contribution in [3.63, 3.8) is 0 Å². The molecule has 2 unspecified atom stereocenters. The van der Waals surface area contributed by atoms with Crippen LogP contribution >= 0.6 is 23.2 Å². The Labute approximate surface area is 214 Å². The molecule has 2 aliphatic heterocycles. The topological polar surface area (TPSA) is 95.7 Å². The molecule has 35 heavy (non-hydrogen) atoms. The molecule has 0 saturated carbocycles. The molecule has 2 fully saturated rings. The predicted molar refractivity (Wildman–Crippen MR) is 138 cm³/mol. The van der Waals surface area contributed by atoms with Crippen molar-refractivity contribution >= 4 is 45.9 Å². The zero-order chi connectivity index (χ0) is 24.5. The highest BCUT2D eigenvalue weighted by atomic mass is 35.5. The van der Waals surface area contributed by atoms with E-state index in [1.807, 2.05) is 6.07 Å². The molecule has 2 aliphatic rings. The summed E-state index contributed by atoms with van der Waals surface area (Å²) in [6.07, 6.45) is 3.63. The number of hydrogen-bond acceptors (Lipinski definition) is 8. The van der Waals surface area contributed by atoms with Crippen molar-refractivity contribution in [2.75, 3.05) is 52.9 Å². The van der Waals surface area contributed by atoms with E-state index in [0.29, 0.717) is 63.3 Å². The zero-order valence-corrected chi connectivity index (χ0v) is 21.4. The van der Waals surface area contributed by atoms with Gasteiger partial charge in [-0.2, -0.15) is 0 Å². The van der Waals surface area contributed by atoms with Crippen LogP contribution in [0, 0.1) is 0 Å². The maximum absolute atomic E-state index is 6.70. The number of nitrogens with one attached hydrogen (secondary N) is 1. The van der Waals surface area contributed by atoms with Crippen molar-refractivity contribution in [3.05, 3.63) is 33.7 Å². The van der Waals surface area contributed by atoms with Crippen LogP contribution in [0.5, 0.6) is 11.5 Å². The fraction of sp³-hybridized carbons (Fsp3) is 0.458. The van der Waals surface area contributed by atoms with Crippen molar-refractivity contribution in [1.82, 2.24) is 19.9 Å². The minimum Gasteiger partial charge on any atom is -0.495 e. The summed E-state index contributed by atoms with van der Waals surface area (Å²) >= 11 is 13.4. The fourth-order valence-electron chi connectivity index (χ4n) is 4.46. The SMILES string of the molecule is COc1cc(OC)c(Cl)c(-c2cc3cnc([N-]C4CCOC4)nc3c(NC3CCN(C)C3)n2)c1Cl. The lowest BCUT2D eigenvalue weighted by Gasteiger charge is -2.22. The van der Waals surface area contributed by atoms with E-state index in [2.05, 4.69) is 27.6 Å². The molecule has 5 rings (SSSR count). The maximum Gasteiger partial charge on any atom is 0.141 e. The van der Waals surface area contributed by atoms with Crippen LogP contribution < -0.4 is 14.8 Å². The lowest BCUT2D eigenvalue weighted by molar-refractivity contribution is 0.196. The molecule has 0 spiro atoms. The third kappa shape index (κ3) is 4.91. The van der Waals surface area contributed by atoms with Gasteiger partial charge < -0.3 is 39.7 Å². The summed E-state index contributed by atoms with van der Waals surface area (Å²) in [4.78, 5) is 16.5. The summed E-state index contributed by atoms with van der Waals surface area (Å²) in [5.74, 6) is 1.95. The molecule has 0 radical (unpaired) electrons. The first-order chi connectivity index (χ1) is 17.0. The number of fused-ring (bicyclic) bond motifs is 1. The van der Waals surface area contributed by atoms with Crippen molar-refractivity contribution < 1.29 is 14.2 Å². The molecule has 4 heterocycles. The second kappa shape index (κ2) is 10.2. The molecule has 2 saturated heterocycles. The van der Waals surface area contributed by atoms with Crippen LogP contribution in [0.1, 0.15) is 12.8 Å². The van der Waals surface area contributed by atoms with Crippen molar-refractivity contribution in [2.24, 2.45) is 0 Å². The number of likely N-dealkylation sites (N-methyl/N-ethyl adjacent to an activating group) is 1. The van der Waals surface area contributed by atoms with E-state index in [1.165, 1.54) is 0 Å². The number of pyridine rings is 1. The quantitative estimate of drug-likeness (QED) is 0.471. The summed E-state index contributed by atoms with van der Waals surface area (Å²) in [6, 6.07) is 3.83. The van der Waals surface area contributed by atoms with Crippen LogP contribution in [0.25, 0.3) is 27.5 Å². The number of rotatable bonds is 7. The van der Waals surface area contributed by atoms with Crippen LogP contribution in [0.3, 0.4) is 0 Å². The van der Waals surface area contributed by atoms with Gasteiger partial charge in [-0.1, -0.05) is 23.2 Å². The summed E-state index contributed by atoms with van der Waals surface area (Å²) in [6.45, 7) is 3.22. The third-order valence-corrected chi connectivity index (χ3v) is 7.07. The van der Waals surface area contributed by atoms with E-state index < -0.39 is 0 Å². The average molecular weight is 518 g/mol. The molecule has 0 amide bonds. The Morgan fingerprint density at radius 1 is 1.11 bits per heavy atom. The molecular weight excluding hydrogens is 491 g/mol. The van der Waals surface area contributed by atoms with E-state index in [4.69, 9.17) is 47.4 Å². The molecule has 2 atom stereocenters. The first-order valence-electron chi connectivity index (χ1n) is 11.5. The molecule has 3 aromatic rings. The minimum absolute atomic E-state index is 0.0708. The Hall–Kier alpha value is -2.59. The maximum atomic E-state index is 6.70. The molecule has 186 valence electrons.